The predicted octanol–water partition coefficient (Wildman–Crippen LogP) is 17.6. The molecule has 364 valence electrons. The molecule has 0 N–H and O–H groups in total. The molecule has 0 spiro atoms. The second kappa shape index (κ2) is 51.7. The molecule has 0 saturated heterocycles. The lowest BCUT2D eigenvalue weighted by atomic mass is 10.0. The van der Waals surface area contributed by atoms with Crippen LogP contribution in [0.1, 0.15) is 265 Å². The van der Waals surface area contributed by atoms with Gasteiger partial charge in [0.2, 0.25) is 0 Å². The number of hydrogen-bond acceptors (Lipinski definition) is 6. The van der Waals surface area contributed by atoms with Gasteiger partial charge in [0.25, 0.3) is 0 Å². The van der Waals surface area contributed by atoms with Crippen molar-refractivity contribution in [2.24, 2.45) is 0 Å². The van der Waals surface area contributed by atoms with Crippen LogP contribution in [-0.2, 0) is 28.6 Å². The van der Waals surface area contributed by atoms with E-state index in [1.807, 2.05) is 0 Å². The smallest absolute Gasteiger partial charge is 0.306 e. The van der Waals surface area contributed by atoms with Gasteiger partial charge in [0, 0.05) is 19.3 Å². The van der Waals surface area contributed by atoms with Gasteiger partial charge in [-0.3, -0.25) is 14.4 Å². The minimum absolute atomic E-state index is 0.0876. The fraction of sp³-hybridized carbons (Fsp3) is 0.772. The molecule has 0 saturated carbocycles. The first-order valence-electron chi connectivity index (χ1n) is 26.8. The highest BCUT2D eigenvalue weighted by Crippen LogP contribution is 2.15. The van der Waals surface area contributed by atoms with E-state index in [0.29, 0.717) is 19.3 Å². The maximum Gasteiger partial charge on any atom is 0.306 e. The van der Waals surface area contributed by atoms with Crippen molar-refractivity contribution in [2.75, 3.05) is 13.2 Å². The molecule has 0 fully saturated rings. The zero-order chi connectivity index (χ0) is 45.8. The Morgan fingerprint density at radius 2 is 0.571 bits per heavy atom. The largest absolute Gasteiger partial charge is 0.462 e. The summed E-state index contributed by atoms with van der Waals surface area (Å²) in [6.07, 6.45) is 63.4. The Balaban J connectivity index is 4.44. The van der Waals surface area contributed by atoms with Crippen molar-refractivity contribution < 1.29 is 28.6 Å². The summed E-state index contributed by atoms with van der Waals surface area (Å²) in [5.74, 6) is -0.929. The molecule has 0 radical (unpaired) electrons. The Labute approximate surface area is 390 Å². The highest BCUT2D eigenvalue weighted by atomic mass is 16.6. The number of ether oxygens (including phenoxy) is 3. The van der Waals surface area contributed by atoms with Gasteiger partial charge in [0.15, 0.2) is 6.10 Å². The third-order valence-corrected chi connectivity index (χ3v) is 11.5. The molecule has 0 aromatic carbocycles. The number of hydrogen-bond donors (Lipinski definition) is 0. The van der Waals surface area contributed by atoms with Gasteiger partial charge in [0.05, 0.1) is 0 Å². The molecule has 0 aromatic heterocycles. The summed E-state index contributed by atoms with van der Waals surface area (Å²) in [5.41, 5.74) is 0. The van der Waals surface area contributed by atoms with Crippen molar-refractivity contribution in [1.82, 2.24) is 0 Å². The van der Waals surface area contributed by atoms with E-state index in [9.17, 15) is 14.4 Å². The molecule has 0 aliphatic rings. The van der Waals surface area contributed by atoms with E-state index in [1.54, 1.807) is 0 Å². The summed E-state index contributed by atoms with van der Waals surface area (Å²) in [7, 11) is 0. The molecule has 0 bridgehead atoms. The topological polar surface area (TPSA) is 78.9 Å². The normalized spacial score (nSPS) is 12.5. The summed E-state index contributed by atoms with van der Waals surface area (Å²) in [5, 5.41) is 0. The van der Waals surface area contributed by atoms with Gasteiger partial charge >= 0.3 is 17.9 Å². The van der Waals surface area contributed by atoms with E-state index < -0.39 is 6.10 Å². The molecule has 63 heavy (non-hydrogen) atoms. The highest BCUT2D eigenvalue weighted by Gasteiger charge is 2.19. The van der Waals surface area contributed by atoms with Crippen molar-refractivity contribution in [3.63, 3.8) is 0 Å². The Kier molecular flexibility index (Phi) is 49.4. The van der Waals surface area contributed by atoms with Gasteiger partial charge in [-0.25, -0.2) is 0 Å². The molecule has 0 rings (SSSR count). The van der Waals surface area contributed by atoms with Gasteiger partial charge in [-0.1, -0.05) is 216 Å². The summed E-state index contributed by atoms with van der Waals surface area (Å²) in [4.78, 5) is 38.0. The maximum absolute atomic E-state index is 12.8. The molecule has 6 nitrogen and oxygen atoms in total. The van der Waals surface area contributed by atoms with Crippen molar-refractivity contribution in [1.29, 1.82) is 0 Å². The number of carbonyl (C=O) groups is 3. The SMILES string of the molecule is CCCCC/C=C\C/C=C\C/C=C\CCCCC(=O)OC[C@H](COC(=O)CCCCCCCCCCCCCCC)OC(=O)CCCCCCCCC/C=C\C/C=C\CCCCC. The van der Waals surface area contributed by atoms with E-state index in [-0.39, 0.29) is 31.1 Å². The fourth-order valence-corrected chi connectivity index (χ4v) is 7.42. The van der Waals surface area contributed by atoms with Crippen LogP contribution in [0.3, 0.4) is 0 Å². The van der Waals surface area contributed by atoms with Gasteiger partial charge in [-0.2, -0.15) is 0 Å². The van der Waals surface area contributed by atoms with E-state index in [1.165, 1.54) is 141 Å². The minimum Gasteiger partial charge on any atom is -0.462 e. The number of allylic oxidation sites excluding steroid dienone is 10. The minimum atomic E-state index is -0.791. The molecule has 0 heterocycles. The standard InChI is InChI=1S/C57H100O6/c1-4-7-10-13-16-19-22-25-27-28-30-33-36-39-42-45-48-51-57(60)63-54(52-61-55(58)49-46-43-40-37-34-31-24-21-18-15-12-9-6-3)53-62-56(59)50-47-44-41-38-35-32-29-26-23-20-17-14-11-8-5-2/h16-17,19-20,25-27,29,35,38,54H,4-15,18,21-24,28,30-34,36-37,39-53H2,1-3H3/b19-16-,20-17-,27-25-,29-26-,38-35-/t54-/m0/s1. The maximum atomic E-state index is 12.8. The summed E-state index contributed by atoms with van der Waals surface area (Å²) in [6, 6.07) is 0. The average molecular weight is 881 g/mol. The van der Waals surface area contributed by atoms with E-state index in [4.69, 9.17) is 14.2 Å². The zero-order valence-electron chi connectivity index (χ0n) is 41.6. The summed E-state index contributed by atoms with van der Waals surface area (Å²) >= 11 is 0. The van der Waals surface area contributed by atoms with Crippen LogP contribution < -0.4 is 0 Å². The van der Waals surface area contributed by atoms with Crippen LogP contribution >= 0.6 is 0 Å². The molecule has 0 unspecified atom stereocenters. The van der Waals surface area contributed by atoms with Crippen molar-refractivity contribution in [2.45, 2.75) is 271 Å². The molecular weight excluding hydrogens is 781 g/mol. The van der Waals surface area contributed by atoms with Crippen LogP contribution in [0.4, 0.5) is 0 Å². The van der Waals surface area contributed by atoms with E-state index in [2.05, 4.69) is 81.5 Å². The lowest BCUT2D eigenvalue weighted by Gasteiger charge is -2.18. The average Bonchev–Trinajstić information content (AvgIpc) is 3.28. The third-order valence-electron chi connectivity index (χ3n) is 11.5. The van der Waals surface area contributed by atoms with Gasteiger partial charge in [-0.05, 0) is 89.9 Å². The second-order valence-corrected chi connectivity index (χ2v) is 17.8. The van der Waals surface area contributed by atoms with Crippen LogP contribution in [0.25, 0.3) is 0 Å². The quantitative estimate of drug-likeness (QED) is 0.0262. The Morgan fingerprint density at radius 3 is 0.952 bits per heavy atom. The number of unbranched alkanes of at least 4 members (excludes halogenated alkanes) is 27. The number of esters is 3. The number of rotatable bonds is 48. The Hall–Kier alpha value is -2.89. The molecule has 0 aliphatic heterocycles. The zero-order valence-corrected chi connectivity index (χ0v) is 41.6. The van der Waals surface area contributed by atoms with Crippen molar-refractivity contribution in [3.8, 4) is 0 Å². The van der Waals surface area contributed by atoms with Crippen LogP contribution in [0.2, 0.25) is 0 Å². The number of carbonyl (C=O) groups excluding carboxylic acids is 3. The lowest BCUT2D eigenvalue weighted by molar-refractivity contribution is -0.167. The van der Waals surface area contributed by atoms with Crippen LogP contribution in [-0.4, -0.2) is 37.2 Å². The molecule has 1 atom stereocenters. The summed E-state index contributed by atoms with van der Waals surface area (Å²) < 4.78 is 16.8. The molecule has 0 aromatic rings. The van der Waals surface area contributed by atoms with Crippen molar-refractivity contribution in [3.05, 3.63) is 60.8 Å². The lowest BCUT2D eigenvalue weighted by Crippen LogP contribution is -2.30. The Morgan fingerprint density at radius 1 is 0.317 bits per heavy atom. The van der Waals surface area contributed by atoms with Crippen LogP contribution in [0.15, 0.2) is 60.8 Å². The van der Waals surface area contributed by atoms with Gasteiger partial charge < -0.3 is 14.2 Å². The van der Waals surface area contributed by atoms with E-state index >= 15 is 0 Å². The second-order valence-electron chi connectivity index (χ2n) is 17.8. The van der Waals surface area contributed by atoms with Crippen molar-refractivity contribution >= 4 is 17.9 Å². The van der Waals surface area contributed by atoms with Gasteiger partial charge in [0.1, 0.15) is 13.2 Å². The fourth-order valence-electron chi connectivity index (χ4n) is 7.42. The molecule has 6 heteroatoms. The predicted molar refractivity (Wildman–Crippen MR) is 270 cm³/mol. The van der Waals surface area contributed by atoms with E-state index in [0.717, 1.165) is 83.5 Å². The monoisotopic (exact) mass is 881 g/mol. The first-order chi connectivity index (χ1) is 31.0. The molecule has 0 amide bonds. The summed E-state index contributed by atoms with van der Waals surface area (Å²) in [6.45, 7) is 6.56. The molecule has 0 aliphatic carbocycles. The first kappa shape index (κ1) is 60.1. The highest BCUT2D eigenvalue weighted by molar-refractivity contribution is 5.71. The van der Waals surface area contributed by atoms with Crippen LogP contribution in [0, 0.1) is 0 Å². The van der Waals surface area contributed by atoms with Crippen LogP contribution in [0.5, 0.6) is 0 Å². The van der Waals surface area contributed by atoms with Gasteiger partial charge in [-0.15, -0.1) is 0 Å². The Bertz CT molecular complexity index is 1150. The first-order valence-corrected chi connectivity index (χ1v) is 26.8. The third kappa shape index (κ3) is 50.0. The molecular formula is C57H100O6.